The molecule has 16 heavy (non-hydrogen) atoms. The van der Waals surface area contributed by atoms with Crippen LogP contribution in [0.3, 0.4) is 0 Å². The molecule has 0 amide bonds. The first-order valence-corrected chi connectivity index (χ1v) is 5.49. The van der Waals surface area contributed by atoms with E-state index in [0.29, 0.717) is 12.5 Å². The van der Waals surface area contributed by atoms with E-state index in [4.69, 9.17) is 10.5 Å². The van der Waals surface area contributed by atoms with Crippen molar-refractivity contribution in [2.24, 2.45) is 11.7 Å². The highest BCUT2D eigenvalue weighted by Gasteiger charge is 2.28. The lowest BCUT2D eigenvalue weighted by Crippen LogP contribution is -2.27. The zero-order chi connectivity index (χ0) is 12.0. The summed E-state index contributed by atoms with van der Waals surface area (Å²) in [5.41, 5.74) is 5.55. The molecule has 3 nitrogen and oxygen atoms in total. The number of hydrogen-bond acceptors (Lipinski definition) is 3. The number of rotatable bonds is 6. The van der Waals surface area contributed by atoms with Gasteiger partial charge in [-0.25, -0.2) is 0 Å². The van der Waals surface area contributed by atoms with Crippen molar-refractivity contribution in [3.05, 3.63) is 0 Å². The van der Waals surface area contributed by atoms with Crippen LogP contribution in [-0.4, -0.2) is 38.6 Å². The lowest BCUT2D eigenvalue weighted by atomic mass is 10.1. The quantitative estimate of drug-likeness (QED) is 0.720. The normalized spacial score (nSPS) is 26.2. The molecule has 2 N–H and O–H groups in total. The van der Waals surface area contributed by atoms with E-state index < -0.39 is 12.8 Å². The molecule has 0 radical (unpaired) electrons. The third-order valence-electron chi connectivity index (χ3n) is 2.72. The molecule has 2 atom stereocenters. The summed E-state index contributed by atoms with van der Waals surface area (Å²) in [6.07, 6.45) is -1.09. The fraction of sp³-hybridized carbons (Fsp3) is 1.00. The number of hydrogen-bond donors (Lipinski definition) is 1. The second-order valence-corrected chi connectivity index (χ2v) is 4.00. The summed E-state index contributed by atoms with van der Waals surface area (Å²) < 4.78 is 45.0. The summed E-state index contributed by atoms with van der Waals surface area (Å²) in [7, 11) is 0. The summed E-state index contributed by atoms with van der Waals surface area (Å²) in [5, 5.41) is 0. The largest absolute Gasteiger partial charge is 0.411 e. The highest BCUT2D eigenvalue weighted by Crippen LogP contribution is 2.27. The first-order valence-electron chi connectivity index (χ1n) is 5.49. The van der Waals surface area contributed by atoms with E-state index in [1.807, 2.05) is 0 Å². The van der Waals surface area contributed by atoms with Crippen molar-refractivity contribution < 1.29 is 22.6 Å². The summed E-state index contributed by atoms with van der Waals surface area (Å²) in [5.74, 6) is 0.350. The van der Waals surface area contributed by atoms with Gasteiger partial charge in [-0.2, -0.15) is 13.2 Å². The topological polar surface area (TPSA) is 44.5 Å². The number of nitrogens with two attached hydrogens (primary N) is 1. The second kappa shape index (κ2) is 6.42. The molecule has 96 valence electrons. The maximum atomic E-state index is 11.7. The highest BCUT2D eigenvalue weighted by atomic mass is 19.4. The van der Waals surface area contributed by atoms with E-state index in [0.717, 1.165) is 19.3 Å². The van der Waals surface area contributed by atoms with Crippen molar-refractivity contribution in [3.8, 4) is 0 Å². The van der Waals surface area contributed by atoms with Crippen LogP contribution in [0, 0.1) is 5.92 Å². The summed E-state index contributed by atoms with van der Waals surface area (Å²) >= 11 is 0. The molecule has 0 aromatic heterocycles. The van der Waals surface area contributed by atoms with Crippen LogP contribution >= 0.6 is 0 Å². The monoisotopic (exact) mass is 241 g/mol. The van der Waals surface area contributed by atoms with Gasteiger partial charge in [0.2, 0.25) is 0 Å². The molecule has 1 saturated carbocycles. The van der Waals surface area contributed by atoms with Gasteiger partial charge >= 0.3 is 6.18 Å². The van der Waals surface area contributed by atoms with Gasteiger partial charge in [-0.15, -0.1) is 0 Å². The van der Waals surface area contributed by atoms with E-state index in [9.17, 15) is 13.2 Å². The predicted molar refractivity (Wildman–Crippen MR) is 53.0 cm³/mol. The Labute approximate surface area is 93.1 Å². The summed E-state index contributed by atoms with van der Waals surface area (Å²) in [6.45, 7) is -0.444. The lowest BCUT2D eigenvalue weighted by Gasteiger charge is -2.18. The fourth-order valence-corrected chi connectivity index (χ4v) is 1.94. The number of ether oxygens (including phenoxy) is 2. The van der Waals surface area contributed by atoms with Gasteiger partial charge in [0.15, 0.2) is 0 Å². The average molecular weight is 241 g/mol. The van der Waals surface area contributed by atoms with Crippen LogP contribution in [0.25, 0.3) is 0 Å². The fourth-order valence-electron chi connectivity index (χ4n) is 1.94. The Balaban J connectivity index is 2.03. The maximum absolute atomic E-state index is 11.7. The Hall–Kier alpha value is -0.330. The Morgan fingerprint density at radius 2 is 1.94 bits per heavy atom. The zero-order valence-corrected chi connectivity index (χ0v) is 9.13. The maximum Gasteiger partial charge on any atom is 0.411 e. The molecule has 0 saturated heterocycles. The Morgan fingerprint density at radius 3 is 2.56 bits per heavy atom. The molecule has 1 aliphatic carbocycles. The van der Waals surface area contributed by atoms with E-state index in [1.54, 1.807) is 0 Å². The van der Waals surface area contributed by atoms with Crippen LogP contribution in [-0.2, 0) is 9.47 Å². The molecule has 1 fully saturated rings. The van der Waals surface area contributed by atoms with Crippen molar-refractivity contribution in [1.29, 1.82) is 0 Å². The van der Waals surface area contributed by atoms with Crippen molar-refractivity contribution in [2.45, 2.75) is 31.5 Å². The first-order chi connectivity index (χ1) is 7.53. The van der Waals surface area contributed by atoms with Crippen molar-refractivity contribution >= 4 is 0 Å². The van der Waals surface area contributed by atoms with E-state index in [-0.39, 0.29) is 19.3 Å². The molecular weight excluding hydrogens is 223 g/mol. The molecule has 1 rings (SSSR count). The van der Waals surface area contributed by atoms with Gasteiger partial charge in [0.05, 0.1) is 19.3 Å². The van der Waals surface area contributed by atoms with Crippen molar-refractivity contribution in [2.75, 3.05) is 26.4 Å². The molecule has 0 bridgehead atoms. The predicted octanol–water partition coefficient (Wildman–Crippen LogP) is 1.71. The third kappa shape index (κ3) is 5.14. The highest BCUT2D eigenvalue weighted by molar-refractivity contribution is 4.78. The van der Waals surface area contributed by atoms with Crippen LogP contribution < -0.4 is 5.73 Å². The summed E-state index contributed by atoms with van der Waals surface area (Å²) in [4.78, 5) is 0. The standard InChI is InChI=1S/C10H18F3NO2/c11-10(12,13)7-15-4-5-16-9-3-1-2-8(9)6-14/h8-9H,1-7,14H2. The number of halogens is 3. The van der Waals surface area contributed by atoms with Crippen molar-refractivity contribution in [1.82, 2.24) is 0 Å². The molecule has 0 spiro atoms. The van der Waals surface area contributed by atoms with Crippen LogP contribution in [0.1, 0.15) is 19.3 Å². The van der Waals surface area contributed by atoms with Gasteiger partial charge in [-0.1, -0.05) is 6.42 Å². The van der Waals surface area contributed by atoms with E-state index >= 15 is 0 Å². The zero-order valence-electron chi connectivity index (χ0n) is 9.13. The molecular formula is C10H18F3NO2. The number of alkyl halides is 3. The Bertz CT molecular complexity index is 199. The van der Waals surface area contributed by atoms with Crippen LogP contribution in [0.4, 0.5) is 13.2 Å². The van der Waals surface area contributed by atoms with Gasteiger partial charge in [0.1, 0.15) is 6.61 Å². The van der Waals surface area contributed by atoms with Gasteiger partial charge in [0.25, 0.3) is 0 Å². The van der Waals surface area contributed by atoms with Gasteiger partial charge in [-0.05, 0) is 25.3 Å². The second-order valence-electron chi connectivity index (χ2n) is 4.00. The minimum Gasteiger partial charge on any atom is -0.375 e. The molecule has 0 aromatic rings. The summed E-state index contributed by atoms with van der Waals surface area (Å²) in [6, 6.07) is 0. The first kappa shape index (κ1) is 13.7. The lowest BCUT2D eigenvalue weighted by molar-refractivity contribution is -0.177. The minimum absolute atomic E-state index is 0.0205. The molecule has 0 heterocycles. The SMILES string of the molecule is NCC1CCCC1OCCOCC(F)(F)F. The van der Waals surface area contributed by atoms with Crippen molar-refractivity contribution in [3.63, 3.8) is 0 Å². The van der Waals surface area contributed by atoms with Gasteiger partial charge in [0, 0.05) is 0 Å². The molecule has 6 heteroatoms. The van der Waals surface area contributed by atoms with Gasteiger partial charge in [-0.3, -0.25) is 0 Å². The molecule has 1 aliphatic rings. The van der Waals surface area contributed by atoms with Crippen LogP contribution in [0.15, 0.2) is 0 Å². The van der Waals surface area contributed by atoms with Crippen LogP contribution in [0.5, 0.6) is 0 Å². The third-order valence-corrected chi connectivity index (χ3v) is 2.72. The van der Waals surface area contributed by atoms with Gasteiger partial charge < -0.3 is 15.2 Å². The van der Waals surface area contributed by atoms with E-state index in [2.05, 4.69) is 4.74 Å². The molecule has 0 aliphatic heterocycles. The average Bonchev–Trinajstić information content (AvgIpc) is 2.63. The molecule has 2 unspecified atom stereocenters. The Morgan fingerprint density at radius 1 is 1.19 bits per heavy atom. The van der Waals surface area contributed by atoms with Crippen LogP contribution in [0.2, 0.25) is 0 Å². The van der Waals surface area contributed by atoms with E-state index in [1.165, 1.54) is 0 Å². The Kier molecular flexibility index (Phi) is 5.51. The minimum atomic E-state index is -4.26. The molecule has 0 aromatic carbocycles. The smallest absolute Gasteiger partial charge is 0.375 e.